The smallest absolute Gasteiger partial charge is 0.225 e. The van der Waals surface area contributed by atoms with Gasteiger partial charge in [0.15, 0.2) is 0 Å². The van der Waals surface area contributed by atoms with Gasteiger partial charge in [-0.15, -0.1) is 0 Å². The summed E-state index contributed by atoms with van der Waals surface area (Å²) in [6.45, 7) is 5.14. The number of carbonyl (C=O) groups is 1. The zero-order valence-corrected chi connectivity index (χ0v) is 17.0. The zero-order valence-electron chi connectivity index (χ0n) is 17.0. The predicted molar refractivity (Wildman–Crippen MR) is 114 cm³/mol. The van der Waals surface area contributed by atoms with E-state index in [0.717, 1.165) is 17.7 Å². The second kappa shape index (κ2) is 8.57. The van der Waals surface area contributed by atoms with Crippen LogP contribution in [-0.2, 0) is 4.79 Å². The molecule has 0 unspecified atom stereocenters. The van der Waals surface area contributed by atoms with Crippen LogP contribution >= 0.6 is 0 Å². The first-order valence-corrected chi connectivity index (χ1v) is 10.1. The van der Waals surface area contributed by atoms with Crippen molar-refractivity contribution >= 4 is 17.4 Å². The van der Waals surface area contributed by atoms with E-state index in [2.05, 4.69) is 10.3 Å². The molecule has 7 heteroatoms. The number of nitrogens with one attached hydrogen (secondary N) is 1. The molecule has 4 rings (SSSR count). The lowest BCUT2D eigenvalue weighted by Gasteiger charge is -2.19. The van der Waals surface area contributed by atoms with E-state index in [1.807, 2.05) is 36.9 Å². The van der Waals surface area contributed by atoms with Crippen LogP contribution in [0.4, 0.5) is 15.9 Å². The van der Waals surface area contributed by atoms with Gasteiger partial charge >= 0.3 is 0 Å². The second-order valence-electron chi connectivity index (χ2n) is 7.79. The predicted octanol–water partition coefficient (Wildman–Crippen LogP) is 4.39. The van der Waals surface area contributed by atoms with Crippen LogP contribution in [0.15, 0.2) is 54.9 Å². The summed E-state index contributed by atoms with van der Waals surface area (Å²) in [7, 11) is 0. The summed E-state index contributed by atoms with van der Waals surface area (Å²) in [5.74, 6) is 1.14. The lowest BCUT2D eigenvalue weighted by Crippen LogP contribution is -2.32. The minimum absolute atomic E-state index is 0.0296. The van der Waals surface area contributed by atoms with Crippen LogP contribution < -0.4 is 5.32 Å². The highest BCUT2D eigenvalue weighted by molar-refractivity contribution is 5.78. The fourth-order valence-corrected chi connectivity index (χ4v) is 3.63. The Labute approximate surface area is 175 Å². The van der Waals surface area contributed by atoms with E-state index in [9.17, 15) is 9.18 Å². The van der Waals surface area contributed by atoms with Crippen molar-refractivity contribution in [1.82, 2.24) is 19.9 Å². The number of pyridine rings is 1. The number of amides is 1. The van der Waals surface area contributed by atoms with E-state index >= 15 is 0 Å². The van der Waals surface area contributed by atoms with Crippen LogP contribution in [0.5, 0.6) is 0 Å². The summed E-state index contributed by atoms with van der Waals surface area (Å²) < 4.78 is 13.6. The van der Waals surface area contributed by atoms with Gasteiger partial charge in [-0.2, -0.15) is 0 Å². The van der Waals surface area contributed by atoms with Crippen LogP contribution in [0.25, 0.3) is 11.3 Å². The Balaban J connectivity index is 1.67. The van der Waals surface area contributed by atoms with E-state index in [-0.39, 0.29) is 23.6 Å². The Morgan fingerprint density at radius 1 is 1.17 bits per heavy atom. The van der Waals surface area contributed by atoms with Crippen molar-refractivity contribution in [1.29, 1.82) is 0 Å². The average molecular weight is 405 g/mol. The standard InChI is InChI=1S/C23H24FN5O/c1-15(2)23(30)29-11-8-17(14-29)22-27-20(16-6-9-25-10-7-16)13-21(28-22)26-19-5-3-4-18(24)12-19/h3-7,9-10,12-13,15,17H,8,11,14H2,1-2H3,(H,26,27,28)/t17-/m0/s1. The van der Waals surface area contributed by atoms with Crippen molar-refractivity contribution in [2.45, 2.75) is 26.2 Å². The first-order valence-electron chi connectivity index (χ1n) is 10.1. The van der Waals surface area contributed by atoms with Gasteiger partial charge in [0.2, 0.25) is 5.91 Å². The van der Waals surface area contributed by atoms with Crippen LogP contribution in [0.3, 0.4) is 0 Å². The summed E-state index contributed by atoms with van der Waals surface area (Å²) >= 11 is 0. The van der Waals surface area contributed by atoms with Crippen molar-refractivity contribution in [2.24, 2.45) is 5.92 Å². The Bertz CT molecular complexity index is 1040. The van der Waals surface area contributed by atoms with Crippen molar-refractivity contribution in [3.05, 3.63) is 66.5 Å². The molecule has 3 aromatic rings. The number of halogens is 1. The normalized spacial score (nSPS) is 16.1. The van der Waals surface area contributed by atoms with Gasteiger partial charge in [-0.3, -0.25) is 9.78 Å². The molecule has 0 bridgehead atoms. The molecule has 30 heavy (non-hydrogen) atoms. The molecule has 0 saturated carbocycles. The Hall–Kier alpha value is -3.35. The molecule has 0 aliphatic carbocycles. The number of hydrogen-bond acceptors (Lipinski definition) is 5. The third kappa shape index (κ3) is 4.45. The molecule has 1 fully saturated rings. The third-order valence-corrected chi connectivity index (χ3v) is 5.18. The molecule has 3 heterocycles. The first-order chi connectivity index (χ1) is 14.5. The van der Waals surface area contributed by atoms with E-state index in [1.165, 1.54) is 12.1 Å². The number of benzene rings is 1. The van der Waals surface area contributed by atoms with Gasteiger partial charge in [0.1, 0.15) is 17.5 Å². The zero-order chi connectivity index (χ0) is 21.1. The van der Waals surface area contributed by atoms with Crippen LogP contribution in [0, 0.1) is 11.7 Å². The topological polar surface area (TPSA) is 71.0 Å². The average Bonchev–Trinajstić information content (AvgIpc) is 3.24. The van der Waals surface area contributed by atoms with Crippen molar-refractivity contribution in [3.8, 4) is 11.3 Å². The molecule has 6 nitrogen and oxygen atoms in total. The van der Waals surface area contributed by atoms with E-state index in [4.69, 9.17) is 9.97 Å². The van der Waals surface area contributed by atoms with Crippen molar-refractivity contribution in [3.63, 3.8) is 0 Å². The van der Waals surface area contributed by atoms with E-state index in [0.29, 0.717) is 30.4 Å². The van der Waals surface area contributed by atoms with Gasteiger partial charge in [-0.05, 0) is 36.8 Å². The molecule has 154 valence electrons. The summed E-state index contributed by atoms with van der Waals surface area (Å²) in [6, 6.07) is 11.9. The number of likely N-dealkylation sites (tertiary alicyclic amines) is 1. The van der Waals surface area contributed by atoms with Crippen LogP contribution in [0.2, 0.25) is 0 Å². The molecule has 1 aliphatic heterocycles. The Morgan fingerprint density at radius 2 is 1.97 bits per heavy atom. The summed E-state index contributed by atoms with van der Waals surface area (Å²) in [5, 5.41) is 3.18. The molecule has 1 amide bonds. The van der Waals surface area contributed by atoms with Gasteiger partial charge in [0.25, 0.3) is 0 Å². The largest absolute Gasteiger partial charge is 0.342 e. The van der Waals surface area contributed by atoms with Gasteiger partial charge in [0, 0.05) is 54.6 Å². The molecular weight excluding hydrogens is 381 g/mol. The summed E-state index contributed by atoms with van der Waals surface area (Å²) in [6.07, 6.45) is 4.25. The SMILES string of the molecule is CC(C)C(=O)N1CC[C@H](c2nc(Nc3cccc(F)c3)cc(-c3ccncc3)n2)C1. The van der Waals surface area contributed by atoms with Crippen molar-refractivity contribution < 1.29 is 9.18 Å². The molecular formula is C23H24FN5O. The number of hydrogen-bond donors (Lipinski definition) is 1. The van der Waals surface area contributed by atoms with E-state index in [1.54, 1.807) is 24.5 Å². The number of rotatable bonds is 5. The third-order valence-electron chi connectivity index (χ3n) is 5.18. The monoisotopic (exact) mass is 405 g/mol. The quantitative estimate of drug-likeness (QED) is 0.682. The molecule has 1 aromatic carbocycles. The fourth-order valence-electron chi connectivity index (χ4n) is 3.63. The highest BCUT2D eigenvalue weighted by atomic mass is 19.1. The minimum Gasteiger partial charge on any atom is -0.342 e. The Morgan fingerprint density at radius 3 is 2.70 bits per heavy atom. The van der Waals surface area contributed by atoms with E-state index < -0.39 is 0 Å². The molecule has 1 aliphatic rings. The number of aromatic nitrogens is 3. The molecule has 1 N–H and O–H groups in total. The number of anilines is 2. The Kier molecular flexibility index (Phi) is 5.70. The molecule has 1 saturated heterocycles. The van der Waals surface area contributed by atoms with Crippen LogP contribution in [0.1, 0.15) is 32.0 Å². The van der Waals surface area contributed by atoms with Gasteiger partial charge < -0.3 is 10.2 Å². The molecule has 0 radical (unpaired) electrons. The summed E-state index contributed by atoms with van der Waals surface area (Å²) in [5.41, 5.74) is 2.29. The number of nitrogens with zero attached hydrogens (tertiary/aromatic N) is 4. The van der Waals surface area contributed by atoms with Crippen LogP contribution in [-0.4, -0.2) is 38.8 Å². The first kappa shape index (κ1) is 19.9. The van der Waals surface area contributed by atoms with Gasteiger partial charge in [-0.25, -0.2) is 14.4 Å². The fraction of sp³-hybridized carbons (Fsp3) is 0.304. The molecule has 1 atom stereocenters. The van der Waals surface area contributed by atoms with Crippen molar-refractivity contribution in [2.75, 3.05) is 18.4 Å². The van der Waals surface area contributed by atoms with Gasteiger partial charge in [-0.1, -0.05) is 19.9 Å². The lowest BCUT2D eigenvalue weighted by molar-refractivity contribution is -0.133. The lowest BCUT2D eigenvalue weighted by atomic mass is 10.1. The second-order valence-corrected chi connectivity index (χ2v) is 7.79. The minimum atomic E-state index is -0.317. The highest BCUT2D eigenvalue weighted by Gasteiger charge is 2.30. The number of carbonyl (C=O) groups excluding carboxylic acids is 1. The van der Waals surface area contributed by atoms with Gasteiger partial charge in [0.05, 0.1) is 5.69 Å². The maximum Gasteiger partial charge on any atom is 0.225 e. The highest BCUT2D eigenvalue weighted by Crippen LogP contribution is 2.30. The maximum atomic E-state index is 13.6. The molecule has 0 spiro atoms. The maximum absolute atomic E-state index is 13.6. The summed E-state index contributed by atoms with van der Waals surface area (Å²) in [4.78, 5) is 27.8. The molecule has 2 aromatic heterocycles.